The lowest BCUT2D eigenvalue weighted by Gasteiger charge is -2.30. The first-order valence-electron chi connectivity index (χ1n) is 5.01. The van der Waals surface area contributed by atoms with Crippen LogP contribution in [0.4, 0.5) is 0 Å². The van der Waals surface area contributed by atoms with Gasteiger partial charge in [-0.15, -0.1) is 0 Å². The zero-order chi connectivity index (χ0) is 9.80. The third-order valence-electron chi connectivity index (χ3n) is 2.53. The van der Waals surface area contributed by atoms with Crippen molar-refractivity contribution in [1.82, 2.24) is 4.90 Å². The number of amides is 1. The highest BCUT2D eigenvalue weighted by Gasteiger charge is 2.26. The van der Waals surface area contributed by atoms with E-state index in [1.165, 1.54) is 0 Å². The highest BCUT2D eigenvalue weighted by atomic mass is 16.5. The van der Waals surface area contributed by atoms with Gasteiger partial charge >= 0.3 is 0 Å². The van der Waals surface area contributed by atoms with Crippen LogP contribution in [-0.4, -0.2) is 43.3 Å². The van der Waals surface area contributed by atoms with Crippen LogP contribution in [0.3, 0.4) is 0 Å². The summed E-state index contributed by atoms with van der Waals surface area (Å²) in [5, 5.41) is 0. The molecule has 76 valence electrons. The number of ether oxygens (including phenoxy) is 1. The fourth-order valence-corrected chi connectivity index (χ4v) is 1.70. The van der Waals surface area contributed by atoms with Gasteiger partial charge in [0.25, 0.3) is 0 Å². The first-order chi connectivity index (χ1) is 6.88. The molecule has 2 aliphatic rings. The van der Waals surface area contributed by atoms with Crippen LogP contribution in [0.15, 0.2) is 4.99 Å². The lowest BCUT2D eigenvalue weighted by Crippen LogP contribution is -2.44. The molecular formula is C10H14N2O2. The standard InChI is InChI=1S/C10H14N2O2/c13-10(9-2-1-3-11-8-9)12-4-6-14-7-5-12/h3,9H,1-2,4-7H2. The summed E-state index contributed by atoms with van der Waals surface area (Å²) in [4.78, 5) is 17.7. The summed E-state index contributed by atoms with van der Waals surface area (Å²) in [7, 11) is 0. The number of hydrogen-bond acceptors (Lipinski definition) is 3. The van der Waals surface area contributed by atoms with E-state index in [2.05, 4.69) is 11.5 Å². The second-order valence-electron chi connectivity index (χ2n) is 3.51. The van der Waals surface area contributed by atoms with Crippen LogP contribution in [0.25, 0.3) is 0 Å². The van der Waals surface area contributed by atoms with Gasteiger partial charge in [0.2, 0.25) is 5.91 Å². The molecule has 0 spiro atoms. The minimum Gasteiger partial charge on any atom is -0.378 e. The lowest BCUT2D eigenvalue weighted by atomic mass is 10.00. The number of carbonyl (C=O) groups excluding carboxylic acids is 1. The lowest BCUT2D eigenvalue weighted by molar-refractivity contribution is -0.138. The summed E-state index contributed by atoms with van der Waals surface area (Å²) in [5.41, 5.74) is 0. The molecule has 4 heteroatoms. The molecule has 1 amide bonds. The smallest absolute Gasteiger partial charge is 0.228 e. The molecule has 2 rings (SSSR count). The van der Waals surface area contributed by atoms with Crippen molar-refractivity contribution in [3.8, 4) is 0 Å². The number of morpholine rings is 1. The quantitative estimate of drug-likeness (QED) is 0.605. The number of nitrogens with zero attached hydrogens (tertiary/aromatic N) is 2. The SMILES string of the molecule is O=C(C1[C]N=CCC1)N1CCOCC1. The van der Waals surface area contributed by atoms with Gasteiger partial charge in [-0.3, -0.25) is 9.79 Å². The van der Waals surface area contributed by atoms with E-state index >= 15 is 0 Å². The molecule has 4 nitrogen and oxygen atoms in total. The van der Waals surface area contributed by atoms with Crippen molar-refractivity contribution in [2.24, 2.45) is 10.9 Å². The third-order valence-corrected chi connectivity index (χ3v) is 2.53. The molecule has 1 unspecified atom stereocenters. The van der Waals surface area contributed by atoms with Crippen molar-refractivity contribution in [2.45, 2.75) is 12.8 Å². The summed E-state index contributed by atoms with van der Waals surface area (Å²) >= 11 is 0. The Balaban J connectivity index is 1.89. The Bertz CT molecular complexity index is 234. The molecule has 2 aliphatic heterocycles. The number of rotatable bonds is 1. The second-order valence-corrected chi connectivity index (χ2v) is 3.51. The summed E-state index contributed by atoms with van der Waals surface area (Å²) < 4.78 is 5.19. The molecule has 2 radical (unpaired) electrons. The van der Waals surface area contributed by atoms with Crippen molar-refractivity contribution in [2.75, 3.05) is 26.3 Å². The molecule has 0 aromatic heterocycles. The average molecular weight is 194 g/mol. The van der Waals surface area contributed by atoms with Crippen molar-refractivity contribution in [3.63, 3.8) is 0 Å². The molecule has 1 saturated heterocycles. The van der Waals surface area contributed by atoms with Gasteiger partial charge < -0.3 is 9.64 Å². The van der Waals surface area contributed by atoms with E-state index in [1.807, 2.05) is 11.1 Å². The first kappa shape index (κ1) is 9.65. The van der Waals surface area contributed by atoms with Crippen LogP contribution in [0.2, 0.25) is 0 Å². The summed E-state index contributed by atoms with van der Waals surface area (Å²) in [6.07, 6.45) is 3.54. The predicted molar refractivity (Wildman–Crippen MR) is 51.9 cm³/mol. The fourth-order valence-electron chi connectivity index (χ4n) is 1.70. The van der Waals surface area contributed by atoms with E-state index in [1.54, 1.807) is 0 Å². The highest BCUT2D eigenvalue weighted by molar-refractivity contribution is 5.81. The van der Waals surface area contributed by atoms with Gasteiger partial charge in [-0.05, 0) is 19.1 Å². The normalized spacial score (nSPS) is 27.7. The number of carbonyl (C=O) groups is 1. The monoisotopic (exact) mass is 194 g/mol. The fraction of sp³-hybridized carbons (Fsp3) is 0.700. The van der Waals surface area contributed by atoms with E-state index in [0.717, 1.165) is 12.8 Å². The maximum absolute atomic E-state index is 11.9. The van der Waals surface area contributed by atoms with Crippen LogP contribution in [0.1, 0.15) is 12.8 Å². The van der Waals surface area contributed by atoms with Gasteiger partial charge in [0.1, 0.15) is 6.54 Å². The zero-order valence-electron chi connectivity index (χ0n) is 8.11. The first-order valence-corrected chi connectivity index (χ1v) is 5.01. The van der Waals surface area contributed by atoms with E-state index in [-0.39, 0.29) is 11.8 Å². The van der Waals surface area contributed by atoms with Gasteiger partial charge in [-0.2, -0.15) is 0 Å². The largest absolute Gasteiger partial charge is 0.378 e. The summed E-state index contributed by atoms with van der Waals surface area (Å²) in [6, 6.07) is 0. The van der Waals surface area contributed by atoms with Gasteiger partial charge in [0, 0.05) is 13.1 Å². The van der Waals surface area contributed by atoms with Gasteiger partial charge in [-0.25, -0.2) is 0 Å². The summed E-state index contributed by atoms with van der Waals surface area (Å²) in [6.45, 7) is 5.58. The van der Waals surface area contributed by atoms with E-state index in [4.69, 9.17) is 4.74 Å². The van der Waals surface area contributed by atoms with Crippen LogP contribution < -0.4 is 0 Å². The minimum absolute atomic E-state index is 0.127. The topological polar surface area (TPSA) is 41.9 Å². The number of hydrogen-bond donors (Lipinski definition) is 0. The molecule has 14 heavy (non-hydrogen) atoms. The highest BCUT2D eigenvalue weighted by Crippen LogP contribution is 2.18. The Morgan fingerprint density at radius 3 is 2.93 bits per heavy atom. The summed E-state index contributed by atoms with van der Waals surface area (Å²) in [5.74, 6) is 0.0308. The van der Waals surface area contributed by atoms with Gasteiger partial charge in [0.15, 0.2) is 0 Å². The molecule has 0 saturated carbocycles. The maximum Gasteiger partial charge on any atom is 0.228 e. The van der Waals surface area contributed by atoms with Gasteiger partial charge in [0.05, 0.1) is 19.1 Å². The molecule has 1 fully saturated rings. The van der Waals surface area contributed by atoms with Crippen LogP contribution in [0.5, 0.6) is 0 Å². The predicted octanol–water partition coefficient (Wildman–Crippen LogP) is 0.365. The minimum atomic E-state index is -0.127. The Hall–Kier alpha value is -0.900. The number of aliphatic imine (C=N–C) groups is 1. The molecule has 0 bridgehead atoms. The third kappa shape index (κ3) is 2.12. The van der Waals surface area contributed by atoms with Crippen molar-refractivity contribution in [1.29, 1.82) is 0 Å². The van der Waals surface area contributed by atoms with Gasteiger partial charge in [-0.1, -0.05) is 0 Å². The van der Waals surface area contributed by atoms with Crippen molar-refractivity contribution in [3.05, 3.63) is 6.54 Å². The molecule has 2 heterocycles. The van der Waals surface area contributed by atoms with Crippen molar-refractivity contribution < 1.29 is 9.53 Å². The molecule has 0 aromatic carbocycles. The second kappa shape index (κ2) is 4.55. The Kier molecular flexibility index (Phi) is 3.14. The average Bonchev–Trinajstić information content (AvgIpc) is 2.30. The Labute approximate surface area is 83.9 Å². The molecule has 0 aromatic rings. The van der Waals surface area contributed by atoms with Crippen LogP contribution in [0, 0.1) is 12.5 Å². The molecule has 0 N–H and O–H groups in total. The Morgan fingerprint density at radius 1 is 1.50 bits per heavy atom. The zero-order valence-corrected chi connectivity index (χ0v) is 8.11. The van der Waals surface area contributed by atoms with Crippen molar-refractivity contribution >= 4 is 12.1 Å². The van der Waals surface area contributed by atoms with E-state index in [9.17, 15) is 4.79 Å². The van der Waals surface area contributed by atoms with E-state index in [0.29, 0.717) is 26.3 Å². The Morgan fingerprint density at radius 2 is 2.29 bits per heavy atom. The van der Waals surface area contributed by atoms with Crippen LogP contribution >= 0.6 is 0 Å². The molecular weight excluding hydrogens is 180 g/mol. The van der Waals surface area contributed by atoms with Crippen LogP contribution in [-0.2, 0) is 9.53 Å². The maximum atomic E-state index is 11.9. The molecule has 0 aliphatic carbocycles. The van der Waals surface area contributed by atoms with E-state index < -0.39 is 0 Å². The molecule has 1 atom stereocenters.